The molecule has 1 aromatic heterocycles. The molecule has 0 fully saturated rings. The standard InChI is InChI=1S/C21H17N3O2S/c25-27(26,19-14-8-3-9-15-19)21-20(18-12-6-2-7-13-18)22-23-24(21)16-17-10-4-1-5-11-17/h1-15H,16H2. The summed E-state index contributed by atoms with van der Waals surface area (Å²) < 4.78 is 28.3. The Balaban J connectivity index is 1.90. The van der Waals surface area contributed by atoms with E-state index >= 15 is 0 Å². The van der Waals surface area contributed by atoms with Gasteiger partial charge in [-0.05, 0) is 17.7 Å². The predicted octanol–water partition coefficient (Wildman–Crippen LogP) is 3.83. The van der Waals surface area contributed by atoms with E-state index in [2.05, 4.69) is 10.3 Å². The molecule has 0 unspecified atom stereocenters. The van der Waals surface area contributed by atoms with E-state index in [1.807, 2.05) is 60.7 Å². The maximum absolute atomic E-state index is 13.4. The molecule has 0 spiro atoms. The average Bonchev–Trinajstić information content (AvgIpc) is 3.14. The van der Waals surface area contributed by atoms with Crippen LogP contribution in [0.25, 0.3) is 11.3 Å². The number of aromatic nitrogens is 3. The van der Waals surface area contributed by atoms with E-state index in [1.54, 1.807) is 30.3 Å². The van der Waals surface area contributed by atoms with Crippen LogP contribution in [0.15, 0.2) is 101 Å². The van der Waals surface area contributed by atoms with Gasteiger partial charge in [-0.3, -0.25) is 0 Å². The van der Waals surface area contributed by atoms with Crippen molar-refractivity contribution in [2.75, 3.05) is 0 Å². The number of nitrogens with zero attached hydrogens (tertiary/aromatic N) is 3. The van der Waals surface area contributed by atoms with Gasteiger partial charge in [0.2, 0.25) is 9.84 Å². The lowest BCUT2D eigenvalue weighted by atomic mass is 10.2. The van der Waals surface area contributed by atoms with Gasteiger partial charge in [-0.2, -0.15) is 0 Å². The maximum atomic E-state index is 13.4. The van der Waals surface area contributed by atoms with Gasteiger partial charge in [0.1, 0.15) is 5.69 Å². The third kappa shape index (κ3) is 3.39. The van der Waals surface area contributed by atoms with Crippen LogP contribution in [0, 0.1) is 0 Å². The summed E-state index contributed by atoms with van der Waals surface area (Å²) >= 11 is 0. The molecule has 0 aliphatic heterocycles. The molecule has 0 N–H and O–H groups in total. The van der Waals surface area contributed by atoms with Gasteiger partial charge < -0.3 is 0 Å². The van der Waals surface area contributed by atoms with Crippen molar-refractivity contribution in [2.24, 2.45) is 0 Å². The van der Waals surface area contributed by atoms with Crippen molar-refractivity contribution in [1.82, 2.24) is 15.0 Å². The quantitative estimate of drug-likeness (QED) is 0.532. The summed E-state index contributed by atoms with van der Waals surface area (Å²) in [7, 11) is -3.79. The number of benzene rings is 3. The molecule has 4 aromatic rings. The van der Waals surface area contributed by atoms with Gasteiger partial charge in [0.25, 0.3) is 0 Å². The highest BCUT2D eigenvalue weighted by atomic mass is 32.2. The van der Waals surface area contributed by atoms with Gasteiger partial charge in [0.05, 0.1) is 11.4 Å². The lowest BCUT2D eigenvalue weighted by Gasteiger charge is -2.10. The Morgan fingerprint density at radius 3 is 1.93 bits per heavy atom. The second kappa shape index (κ2) is 7.17. The van der Waals surface area contributed by atoms with E-state index < -0.39 is 9.84 Å². The Kier molecular flexibility index (Phi) is 4.56. The molecule has 3 aromatic carbocycles. The summed E-state index contributed by atoms with van der Waals surface area (Å²) in [6.45, 7) is 0.321. The van der Waals surface area contributed by atoms with E-state index in [1.165, 1.54) is 4.68 Å². The van der Waals surface area contributed by atoms with Gasteiger partial charge >= 0.3 is 0 Å². The van der Waals surface area contributed by atoms with Crippen molar-refractivity contribution in [3.63, 3.8) is 0 Å². The summed E-state index contributed by atoms with van der Waals surface area (Å²) in [6, 6.07) is 27.2. The molecule has 6 heteroatoms. The first-order valence-corrected chi connectivity index (χ1v) is 9.97. The number of rotatable bonds is 5. The smallest absolute Gasteiger partial charge is 0.225 e. The van der Waals surface area contributed by atoms with Crippen molar-refractivity contribution < 1.29 is 8.42 Å². The highest BCUT2D eigenvalue weighted by molar-refractivity contribution is 7.91. The van der Waals surface area contributed by atoms with Crippen molar-refractivity contribution >= 4 is 9.84 Å². The van der Waals surface area contributed by atoms with Crippen molar-refractivity contribution in [3.05, 3.63) is 96.6 Å². The first kappa shape index (κ1) is 17.2. The second-order valence-electron chi connectivity index (χ2n) is 6.07. The van der Waals surface area contributed by atoms with Gasteiger partial charge in [-0.1, -0.05) is 84.1 Å². The SMILES string of the molecule is O=S(=O)(c1ccccc1)c1c(-c2ccccc2)nnn1Cc1ccccc1. The fourth-order valence-electron chi connectivity index (χ4n) is 2.92. The van der Waals surface area contributed by atoms with Crippen molar-refractivity contribution in [1.29, 1.82) is 0 Å². The third-order valence-corrected chi connectivity index (χ3v) is 6.03. The topological polar surface area (TPSA) is 64.8 Å². The minimum absolute atomic E-state index is 0.101. The molecule has 1 heterocycles. The van der Waals surface area contributed by atoms with Crippen LogP contribution in [0.4, 0.5) is 0 Å². The summed E-state index contributed by atoms with van der Waals surface area (Å²) in [5.41, 5.74) is 2.02. The lowest BCUT2D eigenvalue weighted by Crippen LogP contribution is -2.13. The molecule has 134 valence electrons. The predicted molar refractivity (Wildman–Crippen MR) is 103 cm³/mol. The van der Waals surface area contributed by atoms with E-state index in [-0.39, 0.29) is 9.92 Å². The Bertz CT molecular complexity index is 1140. The fourth-order valence-corrected chi connectivity index (χ4v) is 4.45. The monoisotopic (exact) mass is 375 g/mol. The highest BCUT2D eigenvalue weighted by Gasteiger charge is 2.29. The molecule has 0 atom stereocenters. The maximum Gasteiger partial charge on any atom is 0.225 e. The summed E-state index contributed by atoms with van der Waals surface area (Å²) in [6.07, 6.45) is 0. The first-order chi connectivity index (χ1) is 13.2. The largest absolute Gasteiger partial charge is 0.228 e. The van der Waals surface area contributed by atoms with Crippen LogP contribution < -0.4 is 0 Å². The summed E-state index contributed by atoms with van der Waals surface area (Å²) in [5, 5.41) is 8.48. The van der Waals surface area contributed by atoms with Crippen molar-refractivity contribution in [2.45, 2.75) is 16.5 Å². The van der Waals surface area contributed by atoms with Crippen LogP contribution in [0.2, 0.25) is 0 Å². The second-order valence-corrected chi connectivity index (χ2v) is 7.93. The molecule has 0 saturated carbocycles. The van der Waals surface area contributed by atoms with E-state index in [0.29, 0.717) is 17.8 Å². The molecular weight excluding hydrogens is 358 g/mol. The molecule has 0 amide bonds. The minimum atomic E-state index is -3.79. The van der Waals surface area contributed by atoms with Crippen LogP contribution in [0.3, 0.4) is 0 Å². The number of hydrogen-bond acceptors (Lipinski definition) is 4. The number of hydrogen-bond donors (Lipinski definition) is 0. The molecule has 5 nitrogen and oxygen atoms in total. The normalized spacial score (nSPS) is 11.4. The molecule has 0 saturated heterocycles. The third-order valence-electron chi connectivity index (χ3n) is 4.22. The summed E-state index contributed by atoms with van der Waals surface area (Å²) in [5.74, 6) is 0. The zero-order chi connectivity index (χ0) is 18.7. The van der Waals surface area contributed by atoms with Crippen LogP contribution in [-0.2, 0) is 16.4 Å². The van der Waals surface area contributed by atoms with Crippen LogP contribution in [0.1, 0.15) is 5.56 Å². The van der Waals surface area contributed by atoms with Crippen molar-refractivity contribution in [3.8, 4) is 11.3 Å². The average molecular weight is 375 g/mol. The molecule has 27 heavy (non-hydrogen) atoms. The van der Waals surface area contributed by atoms with Crippen LogP contribution >= 0.6 is 0 Å². The Morgan fingerprint density at radius 1 is 0.741 bits per heavy atom. The molecule has 4 rings (SSSR count). The van der Waals surface area contributed by atoms with E-state index in [0.717, 1.165) is 5.56 Å². The van der Waals surface area contributed by atoms with Crippen LogP contribution in [-0.4, -0.2) is 23.4 Å². The first-order valence-electron chi connectivity index (χ1n) is 8.49. The van der Waals surface area contributed by atoms with Gasteiger partial charge in [0.15, 0.2) is 5.03 Å². The van der Waals surface area contributed by atoms with Gasteiger partial charge in [-0.15, -0.1) is 5.10 Å². The zero-order valence-corrected chi connectivity index (χ0v) is 15.3. The van der Waals surface area contributed by atoms with Crippen LogP contribution in [0.5, 0.6) is 0 Å². The molecule has 0 aliphatic carbocycles. The highest BCUT2D eigenvalue weighted by Crippen LogP contribution is 2.30. The Hall–Kier alpha value is -3.25. The number of sulfone groups is 1. The minimum Gasteiger partial charge on any atom is -0.228 e. The molecule has 0 radical (unpaired) electrons. The zero-order valence-electron chi connectivity index (χ0n) is 14.4. The Morgan fingerprint density at radius 2 is 1.30 bits per heavy atom. The lowest BCUT2D eigenvalue weighted by molar-refractivity contribution is 0.557. The van der Waals surface area contributed by atoms with E-state index in [4.69, 9.17) is 0 Å². The Labute approximate surface area is 157 Å². The van der Waals surface area contributed by atoms with Gasteiger partial charge in [0, 0.05) is 5.56 Å². The molecular formula is C21H17N3O2S. The molecule has 0 bridgehead atoms. The molecule has 0 aliphatic rings. The fraction of sp³-hybridized carbons (Fsp3) is 0.0476. The van der Waals surface area contributed by atoms with Gasteiger partial charge in [-0.25, -0.2) is 13.1 Å². The van der Waals surface area contributed by atoms with E-state index in [9.17, 15) is 8.42 Å². The summed E-state index contributed by atoms with van der Waals surface area (Å²) in [4.78, 5) is 0.221.